The monoisotopic (exact) mass is 487 g/mol. The number of amides is 2. The zero-order valence-corrected chi connectivity index (χ0v) is 23.1. The number of benzene rings is 1. The molecule has 7 nitrogen and oxygen atoms in total. The van der Waals surface area contributed by atoms with Crippen LogP contribution in [0.4, 0.5) is 0 Å². The summed E-state index contributed by atoms with van der Waals surface area (Å²) < 4.78 is 0. The molecule has 0 heterocycles. The van der Waals surface area contributed by atoms with Gasteiger partial charge in [-0.1, -0.05) is 84.9 Å². The molecule has 0 aliphatic rings. The van der Waals surface area contributed by atoms with Gasteiger partial charge in [-0.15, -0.1) is 0 Å². The number of aliphatic carboxylic acids is 1. The Bertz CT molecular complexity index is 906. The van der Waals surface area contributed by atoms with Crippen molar-refractivity contribution in [3.8, 4) is 0 Å². The van der Waals surface area contributed by atoms with Crippen molar-refractivity contribution in [1.29, 1.82) is 0 Å². The van der Waals surface area contributed by atoms with E-state index >= 15 is 0 Å². The van der Waals surface area contributed by atoms with E-state index in [1.165, 1.54) is 6.92 Å². The van der Waals surface area contributed by atoms with Crippen LogP contribution in [0.5, 0.6) is 0 Å². The topological polar surface area (TPSA) is 98.7 Å². The Hall–Kier alpha value is -2.67. The lowest BCUT2D eigenvalue weighted by Gasteiger charge is -2.41. The van der Waals surface area contributed by atoms with Crippen LogP contribution < -0.4 is 10.6 Å². The van der Waals surface area contributed by atoms with E-state index in [-0.39, 0.29) is 23.3 Å². The number of carboxylic acid groups (broad SMARTS) is 1. The van der Waals surface area contributed by atoms with E-state index in [0.29, 0.717) is 6.42 Å². The van der Waals surface area contributed by atoms with Crippen LogP contribution in [0.15, 0.2) is 42.0 Å². The van der Waals surface area contributed by atoms with Gasteiger partial charge >= 0.3 is 5.97 Å². The lowest BCUT2D eigenvalue weighted by molar-refractivity contribution is -0.141. The lowest BCUT2D eigenvalue weighted by Crippen LogP contribution is -2.62. The van der Waals surface area contributed by atoms with Gasteiger partial charge in [0, 0.05) is 18.0 Å². The van der Waals surface area contributed by atoms with E-state index in [2.05, 4.69) is 10.6 Å². The second kappa shape index (κ2) is 12.3. The summed E-state index contributed by atoms with van der Waals surface area (Å²) >= 11 is 0. The maximum atomic E-state index is 13.8. The summed E-state index contributed by atoms with van der Waals surface area (Å²) in [6.07, 6.45) is 2.28. The highest BCUT2D eigenvalue weighted by molar-refractivity contribution is 5.91. The molecule has 7 heteroatoms. The van der Waals surface area contributed by atoms with Gasteiger partial charge in [0.15, 0.2) is 0 Å². The van der Waals surface area contributed by atoms with Crippen LogP contribution in [0.3, 0.4) is 0 Å². The van der Waals surface area contributed by atoms with Crippen molar-refractivity contribution in [2.24, 2.45) is 11.3 Å². The number of carbonyl (C=O) groups excluding carboxylic acids is 2. The number of hydrogen-bond donors (Lipinski definition) is 3. The molecule has 35 heavy (non-hydrogen) atoms. The van der Waals surface area contributed by atoms with E-state index in [4.69, 9.17) is 0 Å². The third kappa shape index (κ3) is 7.40. The third-order valence-corrected chi connectivity index (χ3v) is 7.25. The third-order valence-electron chi connectivity index (χ3n) is 7.25. The first-order chi connectivity index (χ1) is 16.1. The van der Waals surface area contributed by atoms with Gasteiger partial charge in [0.25, 0.3) is 0 Å². The molecule has 0 spiro atoms. The SMILES string of the molecule is CCC(C)(C)[C@H](NC(=O)[C@@H](NC)C(C)(C)c1ccccc1)C(=O)N(C)[C@H](/C=C(\C)C(=O)O)C(C)C. The first-order valence-electron chi connectivity index (χ1n) is 12.3. The van der Waals surface area contributed by atoms with E-state index in [0.717, 1.165) is 5.56 Å². The summed E-state index contributed by atoms with van der Waals surface area (Å²) in [7, 11) is 3.42. The average Bonchev–Trinajstić information content (AvgIpc) is 2.80. The zero-order valence-electron chi connectivity index (χ0n) is 23.1. The van der Waals surface area contributed by atoms with Crippen molar-refractivity contribution in [3.63, 3.8) is 0 Å². The van der Waals surface area contributed by atoms with Crippen LogP contribution >= 0.6 is 0 Å². The molecule has 1 rings (SSSR count). The van der Waals surface area contributed by atoms with Gasteiger partial charge in [0.1, 0.15) is 6.04 Å². The molecular formula is C28H45N3O4. The second-order valence-corrected chi connectivity index (χ2v) is 10.9. The van der Waals surface area contributed by atoms with Gasteiger partial charge in [0.05, 0.1) is 12.1 Å². The Morgan fingerprint density at radius 3 is 2.03 bits per heavy atom. The Morgan fingerprint density at radius 2 is 1.60 bits per heavy atom. The summed E-state index contributed by atoms with van der Waals surface area (Å²) in [6, 6.07) is 8.03. The molecule has 0 saturated heterocycles. The Morgan fingerprint density at radius 1 is 1.06 bits per heavy atom. The molecule has 0 aliphatic heterocycles. The molecule has 0 aromatic heterocycles. The number of carboxylic acids is 1. The molecule has 196 valence electrons. The predicted octanol–water partition coefficient (Wildman–Crippen LogP) is 3.99. The molecule has 3 N–H and O–H groups in total. The van der Waals surface area contributed by atoms with Crippen molar-refractivity contribution in [2.75, 3.05) is 14.1 Å². The molecule has 0 saturated carbocycles. The highest BCUT2D eigenvalue weighted by Crippen LogP contribution is 2.30. The summed E-state index contributed by atoms with van der Waals surface area (Å²) in [4.78, 5) is 40.4. The van der Waals surface area contributed by atoms with Gasteiger partial charge in [0.2, 0.25) is 11.8 Å². The number of carbonyl (C=O) groups is 3. The van der Waals surface area contributed by atoms with Crippen molar-refractivity contribution in [3.05, 3.63) is 47.5 Å². The average molecular weight is 488 g/mol. The van der Waals surface area contributed by atoms with Crippen LogP contribution in [0.2, 0.25) is 0 Å². The summed E-state index contributed by atoms with van der Waals surface area (Å²) in [5.74, 6) is -1.53. The maximum Gasteiger partial charge on any atom is 0.331 e. The minimum atomic E-state index is -1.02. The molecule has 2 amide bonds. The van der Waals surface area contributed by atoms with E-state index in [1.54, 1.807) is 25.1 Å². The fourth-order valence-electron chi connectivity index (χ4n) is 4.30. The molecule has 0 radical (unpaired) electrons. The molecule has 1 aromatic carbocycles. The molecule has 0 unspecified atom stereocenters. The van der Waals surface area contributed by atoms with Gasteiger partial charge in [-0.05, 0) is 37.3 Å². The van der Waals surface area contributed by atoms with Crippen molar-refractivity contribution in [1.82, 2.24) is 15.5 Å². The molecular weight excluding hydrogens is 442 g/mol. The molecule has 0 fully saturated rings. The van der Waals surface area contributed by atoms with Gasteiger partial charge < -0.3 is 20.6 Å². The highest BCUT2D eigenvalue weighted by Gasteiger charge is 2.42. The van der Waals surface area contributed by atoms with Crippen LogP contribution in [0, 0.1) is 11.3 Å². The standard InChI is InChI=1S/C28H45N3O4/c1-11-27(5,6)23(25(33)31(10)21(18(2)3)17-19(4)26(34)35)30-24(32)22(29-9)28(7,8)20-15-13-12-14-16-20/h12-18,21-23,29H,11H2,1-10H3,(H,30,32)(H,34,35)/b19-17+/t21-,22-,23-/m1/s1. The fourth-order valence-corrected chi connectivity index (χ4v) is 4.30. The van der Waals surface area contributed by atoms with Gasteiger partial charge in [-0.25, -0.2) is 4.79 Å². The minimum absolute atomic E-state index is 0.0126. The second-order valence-electron chi connectivity index (χ2n) is 10.9. The minimum Gasteiger partial charge on any atom is -0.478 e. The highest BCUT2D eigenvalue weighted by atomic mass is 16.4. The van der Waals surface area contributed by atoms with E-state index < -0.39 is 34.9 Å². The van der Waals surface area contributed by atoms with E-state index in [9.17, 15) is 19.5 Å². The lowest BCUT2D eigenvalue weighted by atomic mass is 9.76. The quantitative estimate of drug-likeness (QED) is 0.387. The number of likely N-dealkylation sites (N-methyl/N-ethyl adjacent to an activating group) is 2. The van der Waals surface area contributed by atoms with Crippen molar-refractivity contribution >= 4 is 17.8 Å². The largest absolute Gasteiger partial charge is 0.478 e. The number of rotatable bonds is 12. The van der Waals surface area contributed by atoms with Crippen LogP contribution in [0.25, 0.3) is 0 Å². The van der Waals surface area contributed by atoms with Crippen LogP contribution in [-0.2, 0) is 19.8 Å². The Kier molecular flexibility index (Phi) is 10.7. The Balaban J connectivity index is 3.36. The predicted molar refractivity (Wildman–Crippen MR) is 141 cm³/mol. The zero-order chi connectivity index (χ0) is 27.1. The van der Waals surface area contributed by atoms with Gasteiger partial charge in [-0.2, -0.15) is 0 Å². The normalized spacial score (nSPS) is 15.3. The maximum absolute atomic E-state index is 13.8. The summed E-state index contributed by atoms with van der Waals surface area (Å²) in [5, 5.41) is 15.6. The Labute approximate surface area is 211 Å². The van der Waals surface area contributed by atoms with Crippen molar-refractivity contribution in [2.45, 2.75) is 85.4 Å². The number of nitrogens with zero attached hydrogens (tertiary/aromatic N) is 1. The van der Waals surface area contributed by atoms with Crippen LogP contribution in [-0.4, -0.2) is 60.0 Å². The van der Waals surface area contributed by atoms with Crippen molar-refractivity contribution < 1.29 is 19.5 Å². The first kappa shape index (κ1) is 30.4. The van der Waals surface area contributed by atoms with Crippen LogP contribution in [0.1, 0.15) is 67.4 Å². The molecule has 0 aliphatic carbocycles. The number of hydrogen-bond acceptors (Lipinski definition) is 4. The fraction of sp³-hybridized carbons (Fsp3) is 0.607. The van der Waals surface area contributed by atoms with E-state index in [1.807, 2.05) is 78.8 Å². The molecule has 1 aromatic rings. The van der Waals surface area contributed by atoms with Gasteiger partial charge in [-0.3, -0.25) is 9.59 Å². The molecule has 0 bridgehead atoms. The summed E-state index contributed by atoms with van der Waals surface area (Å²) in [5.41, 5.74) is 0.137. The molecule has 3 atom stereocenters. The summed E-state index contributed by atoms with van der Waals surface area (Å²) in [6.45, 7) is 15.3. The smallest absolute Gasteiger partial charge is 0.331 e. The first-order valence-corrected chi connectivity index (χ1v) is 12.3. The number of nitrogens with one attached hydrogen (secondary N) is 2.